The zero-order valence-electron chi connectivity index (χ0n) is 10.1. The van der Waals surface area contributed by atoms with E-state index < -0.39 is 5.41 Å². The Morgan fingerprint density at radius 1 is 1.31 bits per heavy atom. The lowest BCUT2D eigenvalue weighted by Gasteiger charge is -2.20. The van der Waals surface area contributed by atoms with Gasteiger partial charge in [0, 0.05) is 16.9 Å². The normalized spacial score (nSPS) is 10.9. The fourth-order valence-corrected chi connectivity index (χ4v) is 0.799. The van der Waals surface area contributed by atoms with Crippen LogP contribution in [0.15, 0.2) is 5.11 Å². The molecule has 0 N–H and O–H groups in total. The van der Waals surface area contributed by atoms with Crippen molar-refractivity contribution in [3.8, 4) is 0 Å². The maximum atomic E-state index is 11.1. The monoisotopic (exact) mass is 229 g/mol. The highest BCUT2D eigenvalue weighted by Crippen LogP contribution is 2.16. The first-order valence-corrected chi connectivity index (χ1v) is 5.18. The highest BCUT2D eigenvalue weighted by Gasteiger charge is 2.23. The van der Waals surface area contributed by atoms with Gasteiger partial charge in [-0.15, -0.1) is 0 Å². The number of hydrogen-bond acceptors (Lipinski definition) is 4. The summed E-state index contributed by atoms with van der Waals surface area (Å²) in [6.07, 6.45) is 0. The van der Waals surface area contributed by atoms with Gasteiger partial charge in [-0.25, -0.2) is 0 Å². The van der Waals surface area contributed by atoms with Crippen LogP contribution < -0.4 is 0 Å². The summed E-state index contributed by atoms with van der Waals surface area (Å²) >= 11 is 0. The number of hydrogen-bond donors (Lipinski definition) is 0. The molecule has 0 amide bonds. The van der Waals surface area contributed by atoms with Crippen molar-refractivity contribution in [2.24, 2.45) is 10.5 Å². The average molecular weight is 229 g/mol. The molecule has 6 nitrogen and oxygen atoms in total. The second-order valence-electron chi connectivity index (χ2n) is 4.06. The minimum Gasteiger partial charge on any atom is -0.379 e. The van der Waals surface area contributed by atoms with Crippen molar-refractivity contribution >= 4 is 5.78 Å². The van der Waals surface area contributed by atoms with Crippen LogP contribution in [0.3, 0.4) is 0 Å². The van der Waals surface area contributed by atoms with E-state index in [2.05, 4.69) is 10.0 Å². The molecule has 16 heavy (non-hydrogen) atoms. The predicted octanol–water partition coefficient (Wildman–Crippen LogP) is 1.95. The first kappa shape index (κ1) is 14.9. The SMILES string of the molecule is CC(=O)C(C)(C)COCCOCCN=[N+]=[N-]. The van der Waals surface area contributed by atoms with Crippen LogP contribution in [-0.4, -0.2) is 38.8 Å². The van der Waals surface area contributed by atoms with Crippen molar-refractivity contribution in [3.63, 3.8) is 0 Å². The molecule has 6 heteroatoms. The molecule has 0 aromatic heterocycles. The van der Waals surface area contributed by atoms with Crippen LogP contribution in [0.4, 0.5) is 0 Å². The van der Waals surface area contributed by atoms with E-state index in [9.17, 15) is 4.79 Å². The molecule has 0 saturated heterocycles. The molecule has 0 aliphatic heterocycles. The highest BCUT2D eigenvalue weighted by molar-refractivity contribution is 5.81. The molecule has 0 rings (SSSR count). The van der Waals surface area contributed by atoms with Gasteiger partial charge in [0.25, 0.3) is 0 Å². The largest absolute Gasteiger partial charge is 0.379 e. The minimum atomic E-state index is -0.439. The smallest absolute Gasteiger partial charge is 0.137 e. The van der Waals surface area contributed by atoms with E-state index in [1.165, 1.54) is 0 Å². The van der Waals surface area contributed by atoms with Gasteiger partial charge < -0.3 is 9.47 Å². The summed E-state index contributed by atoms with van der Waals surface area (Å²) in [6, 6.07) is 0. The molecule has 92 valence electrons. The number of Topliss-reactive ketones (excluding diaryl/α,β-unsaturated/α-hetero) is 1. The van der Waals surface area contributed by atoms with Crippen LogP contribution in [-0.2, 0) is 14.3 Å². The highest BCUT2D eigenvalue weighted by atomic mass is 16.5. The number of carbonyl (C=O) groups excluding carboxylic acids is 1. The molecule has 0 spiro atoms. The lowest BCUT2D eigenvalue weighted by Crippen LogP contribution is -2.28. The third kappa shape index (κ3) is 7.23. The Kier molecular flexibility index (Phi) is 7.54. The first-order valence-electron chi connectivity index (χ1n) is 5.18. The fraction of sp³-hybridized carbons (Fsp3) is 0.900. The molecule has 0 aromatic carbocycles. The molecule has 0 aromatic rings. The number of nitrogens with zero attached hydrogens (tertiary/aromatic N) is 3. The van der Waals surface area contributed by atoms with E-state index in [1.54, 1.807) is 6.92 Å². The molecule has 0 bridgehead atoms. The van der Waals surface area contributed by atoms with Crippen LogP contribution >= 0.6 is 0 Å². The van der Waals surface area contributed by atoms with Gasteiger partial charge >= 0.3 is 0 Å². The lowest BCUT2D eigenvalue weighted by atomic mass is 9.90. The van der Waals surface area contributed by atoms with Gasteiger partial charge in [0.15, 0.2) is 0 Å². The zero-order valence-corrected chi connectivity index (χ0v) is 10.1. The molecule has 0 radical (unpaired) electrons. The topological polar surface area (TPSA) is 84.3 Å². The summed E-state index contributed by atoms with van der Waals surface area (Å²) in [5, 5.41) is 3.32. The summed E-state index contributed by atoms with van der Waals surface area (Å²) in [5.41, 5.74) is 7.56. The second kappa shape index (κ2) is 8.10. The van der Waals surface area contributed by atoms with Gasteiger partial charge in [-0.2, -0.15) is 0 Å². The number of azide groups is 1. The van der Waals surface area contributed by atoms with Gasteiger partial charge in [-0.05, 0) is 12.5 Å². The summed E-state index contributed by atoms with van der Waals surface area (Å²) in [6.45, 7) is 7.23. The van der Waals surface area contributed by atoms with Crippen LogP contribution in [0.2, 0.25) is 0 Å². The minimum absolute atomic E-state index is 0.108. The zero-order chi connectivity index (χ0) is 12.4. The van der Waals surface area contributed by atoms with Gasteiger partial charge in [0.05, 0.1) is 26.4 Å². The van der Waals surface area contributed by atoms with E-state index in [-0.39, 0.29) is 5.78 Å². The summed E-state index contributed by atoms with van der Waals surface area (Å²) < 4.78 is 10.5. The average Bonchev–Trinajstić information content (AvgIpc) is 2.21. The Hall–Kier alpha value is -1.10. The number of rotatable bonds is 9. The van der Waals surface area contributed by atoms with Crippen LogP contribution in [0, 0.1) is 5.41 Å². The molecule has 0 fully saturated rings. The summed E-state index contributed by atoms with van der Waals surface area (Å²) in [5.74, 6) is 0.108. The molecular formula is C10H19N3O3. The van der Waals surface area contributed by atoms with Crippen molar-refractivity contribution in [1.29, 1.82) is 0 Å². The van der Waals surface area contributed by atoms with Crippen molar-refractivity contribution in [1.82, 2.24) is 0 Å². The van der Waals surface area contributed by atoms with E-state index >= 15 is 0 Å². The first-order chi connectivity index (χ1) is 7.50. The van der Waals surface area contributed by atoms with Crippen molar-refractivity contribution in [2.75, 3.05) is 33.0 Å². The van der Waals surface area contributed by atoms with Crippen LogP contribution in [0.25, 0.3) is 10.4 Å². The molecule has 0 aliphatic rings. The second-order valence-corrected chi connectivity index (χ2v) is 4.06. The van der Waals surface area contributed by atoms with Gasteiger partial charge in [-0.1, -0.05) is 19.0 Å². The molecule has 0 aliphatic carbocycles. The standard InChI is InChI=1S/C10H19N3O3/c1-9(14)10(2,3)8-16-7-6-15-5-4-12-13-11/h4-8H2,1-3H3. The third-order valence-corrected chi connectivity index (χ3v) is 2.19. The summed E-state index contributed by atoms with van der Waals surface area (Å²) in [4.78, 5) is 13.7. The number of ether oxygens (including phenoxy) is 2. The Morgan fingerprint density at radius 3 is 2.50 bits per heavy atom. The third-order valence-electron chi connectivity index (χ3n) is 2.19. The molecule has 0 saturated carbocycles. The van der Waals surface area contributed by atoms with E-state index in [1.807, 2.05) is 13.8 Å². The summed E-state index contributed by atoms with van der Waals surface area (Å²) in [7, 11) is 0. The number of carbonyl (C=O) groups is 1. The quantitative estimate of drug-likeness (QED) is 0.262. The van der Waals surface area contributed by atoms with Crippen molar-refractivity contribution in [3.05, 3.63) is 10.4 Å². The molecular weight excluding hydrogens is 210 g/mol. The maximum absolute atomic E-state index is 11.1. The van der Waals surface area contributed by atoms with Gasteiger partial charge in [0.1, 0.15) is 5.78 Å². The number of ketones is 1. The van der Waals surface area contributed by atoms with Gasteiger partial charge in [-0.3, -0.25) is 4.79 Å². The Labute approximate surface area is 95.5 Å². The van der Waals surface area contributed by atoms with Crippen LogP contribution in [0.5, 0.6) is 0 Å². The van der Waals surface area contributed by atoms with E-state index in [4.69, 9.17) is 15.0 Å². The van der Waals surface area contributed by atoms with E-state index in [0.29, 0.717) is 33.0 Å². The fourth-order valence-electron chi connectivity index (χ4n) is 0.799. The Bertz CT molecular complexity index is 260. The van der Waals surface area contributed by atoms with Crippen molar-refractivity contribution < 1.29 is 14.3 Å². The van der Waals surface area contributed by atoms with Crippen molar-refractivity contribution in [2.45, 2.75) is 20.8 Å². The predicted molar refractivity (Wildman–Crippen MR) is 60.1 cm³/mol. The lowest BCUT2D eigenvalue weighted by molar-refractivity contribution is -0.128. The van der Waals surface area contributed by atoms with Gasteiger partial charge in [0.2, 0.25) is 0 Å². The van der Waals surface area contributed by atoms with Crippen LogP contribution in [0.1, 0.15) is 20.8 Å². The Balaban J connectivity index is 3.40. The van der Waals surface area contributed by atoms with E-state index in [0.717, 1.165) is 0 Å². The molecule has 0 atom stereocenters. The molecule has 0 heterocycles. The maximum Gasteiger partial charge on any atom is 0.137 e. The molecule has 0 unspecified atom stereocenters. The Morgan fingerprint density at radius 2 is 1.94 bits per heavy atom.